The zero-order chi connectivity index (χ0) is 16.7. The Balaban J connectivity index is 2.72. The summed E-state index contributed by atoms with van der Waals surface area (Å²) in [5, 5.41) is 25.4. The Kier molecular flexibility index (Phi) is 6.24. The number of imidazole rings is 1. The van der Waals surface area contributed by atoms with E-state index in [4.69, 9.17) is 5.21 Å². The Bertz CT molecular complexity index is 605. The van der Waals surface area contributed by atoms with Gasteiger partial charge in [-0.05, 0) is 19.9 Å². The van der Waals surface area contributed by atoms with E-state index in [1.807, 2.05) is 0 Å². The number of nitrogens with zero attached hydrogens (tertiary/aromatic N) is 3. The molecule has 9 heteroatoms. The number of aryl methyl sites for hydroxylation is 1. The van der Waals surface area contributed by atoms with Crippen LogP contribution in [-0.4, -0.2) is 44.3 Å². The molecule has 0 fully saturated rings. The smallest absolute Gasteiger partial charge is 0.272 e. The zero-order valence-corrected chi connectivity index (χ0v) is 12.7. The number of H-pyrrole nitrogens is 1. The summed E-state index contributed by atoms with van der Waals surface area (Å²) in [6.45, 7) is 4.92. The molecule has 1 heterocycles. The Hall–Kier alpha value is -2.71. The fourth-order valence-electron chi connectivity index (χ4n) is 1.95. The first-order valence-corrected chi connectivity index (χ1v) is 6.71. The number of hydrogen-bond acceptors (Lipinski definition) is 6. The van der Waals surface area contributed by atoms with Gasteiger partial charge in [-0.25, -0.2) is 4.98 Å². The number of hydrogen-bond donors (Lipinski definition) is 3. The number of carbonyl (C=O) groups is 1. The van der Waals surface area contributed by atoms with E-state index in [0.717, 1.165) is 0 Å². The first-order chi connectivity index (χ1) is 10.4. The van der Waals surface area contributed by atoms with Crippen molar-refractivity contribution in [3.05, 3.63) is 39.5 Å². The second-order valence-electron chi connectivity index (χ2n) is 4.75. The van der Waals surface area contributed by atoms with Gasteiger partial charge in [0.25, 0.3) is 5.91 Å². The molecule has 1 amide bonds. The van der Waals surface area contributed by atoms with Gasteiger partial charge in [-0.1, -0.05) is 12.1 Å². The third-order valence-electron chi connectivity index (χ3n) is 3.16. The largest absolute Gasteiger partial charge is 0.411 e. The minimum absolute atomic E-state index is 0.0624. The number of aromatic nitrogens is 2. The highest BCUT2D eigenvalue weighted by molar-refractivity contribution is 6.01. The number of aromatic amines is 1. The summed E-state index contributed by atoms with van der Waals surface area (Å²) < 4.78 is 0. The summed E-state index contributed by atoms with van der Waals surface area (Å²) in [5.74, 6) is -0.424. The number of oxime groups is 1. The molecule has 9 nitrogen and oxygen atoms in total. The van der Waals surface area contributed by atoms with Crippen molar-refractivity contribution in [2.24, 2.45) is 5.16 Å². The van der Waals surface area contributed by atoms with Crippen LogP contribution in [0, 0.1) is 17.0 Å². The molecule has 0 radical (unpaired) electrons. The normalized spacial score (nSPS) is 13.8. The maximum absolute atomic E-state index is 11.9. The van der Waals surface area contributed by atoms with Gasteiger partial charge >= 0.3 is 0 Å². The van der Waals surface area contributed by atoms with Crippen molar-refractivity contribution < 1.29 is 14.9 Å². The van der Waals surface area contributed by atoms with Crippen LogP contribution in [0.4, 0.5) is 0 Å². The molecule has 0 aliphatic heterocycles. The van der Waals surface area contributed by atoms with Crippen LogP contribution >= 0.6 is 0 Å². The molecule has 0 saturated carbocycles. The lowest BCUT2D eigenvalue weighted by atomic mass is 10.1. The molecule has 1 atom stereocenters. The molecule has 0 aromatic carbocycles. The molecule has 1 aromatic rings. The maximum atomic E-state index is 11.9. The number of amides is 1. The van der Waals surface area contributed by atoms with Gasteiger partial charge in [0, 0.05) is 22.6 Å². The highest BCUT2D eigenvalue weighted by atomic mass is 16.6. The number of carbonyl (C=O) groups excluding carboxylic acids is 1. The lowest BCUT2D eigenvalue weighted by Gasteiger charge is -2.08. The molecule has 0 aliphatic carbocycles. The lowest BCUT2D eigenvalue weighted by molar-refractivity contribution is -0.512. The molecule has 22 heavy (non-hydrogen) atoms. The number of nitro groups is 1. The average molecular weight is 309 g/mol. The van der Waals surface area contributed by atoms with E-state index in [9.17, 15) is 14.9 Å². The number of rotatable bonds is 7. The third-order valence-corrected chi connectivity index (χ3v) is 3.16. The second-order valence-corrected chi connectivity index (χ2v) is 4.75. The summed E-state index contributed by atoms with van der Waals surface area (Å²) in [6.07, 6.45) is 3.12. The van der Waals surface area contributed by atoms with Crippen molar-refractivity contribution in [2.45, 2.75) is 33.2 Å². The molecule has 1 unspecified atom stereocenters. The van der Waals surface area contributed by atoms with Gasteiger partial charge in [-0.2, -0.15) is 0 Å². The van der Waals surface area contributed by atoms with Gasteiger partial charge in [0.1, 0.15) is 5.69 Å². The van der Waals surface area contributed by atoms with Crippen LogP contribution in [0.3, 0.4) is 0 Å². The van der Waals surface area contributed by atoms with Crippen molar-refractivity contribution >= 4 is 11.6 Å². The molecule has 0 saturated heterocycles. The van der Waals surface area contributed by atoms with Crippen molar-refractivity contribution in [1.82, 2.24) is 15.3 Å². The van der Waals surface area contributed by atoms with Crippen molar-refractivity contribution in [1.29, 1.82) is 0 Å². The molecule has 3 N–H and O–H groups in total. The third kappa shape index (κ3) is 4.40. The van der Waals surface area contributed by atoms with Crippen LogP contribution < -0.4 is 5.32 Å². The van der Waals surface area contributed by atoms with E-state index in [-0.39, 0.29) is 18.0 Å². The summed E-state index contributed by atoms with van der Waals surface area (Å²) in [7, 11) is 0. The van der Waals surface area contributed by atoms with E-state index >= 15 is 0 Å². The topological polar surface area (TPSA) is 134 Å². The molecule has 0 aliphatic rings. The van der Waals surface area contributed by atoms with Gasteiger partial charge in [0.2, 0.25) is 6.04 Å². The van der Waals surface area contributed by atoms with Crippen LogP contribution in [0.2, 0.25) is 0 Å². The van der Waals surface area contributed by atoms with Crippen LogP contribution in [-0.2, 0) is 0 Å². The zero-order valence-electron chi connectivity index (χ0n) is 12.7. The minimum atomic E-state index is -0.846. The Labute approximate surface area is 127 Å². The van der Waals surface area contributed by atoms with Gasteiger partial charge in [0.15, 0.2) is 0 Å². The fourth-order valence-corrected chi connectivity index (χ4v) is 1.95. The highest BCUT2D eigenvalue weighted by Crippen LogP contribution is 2.09. The molecular formula is C13H19N5O4. The van der Waals surface area contributed by atoms with E-state index in [2.05, 4.69) is 20.4 Å². The minimum Gasteiger partial charge on any atom is -0.411 e. The Morgan fingerprint density at radius 3 is 2.82 bits per heavy atom. The standard InChI is InChI=1S/C13H19N5O4/c1-4-11(18(21)22)8(2)5-10(17-20)6-14-13(19)12-9(3)15-7-16-12/h5,7,11,20H,4,6H2,1-3H3,(H,14,19)(H,15,16)/b8-5+,17-10+. The summed E-state index contributed by atoms with van der Waals surface area (Å²) >= 11 is 0. The Morgan fingerprint density at radius 2 is 2.36 bits per heavy atom. The summed E-state index contributed by atoms with van der Waals surface area (Å²) in [4.78, 5) is 29.0. The monoisotopic (exact) mass is 309 g/mol. The predicted molar refractivity (Wildman–Crippen MR) is 79.7 cm³/mol. The first kappa shape index (κ1) is 17.3. The van der Waals surface area contributed by atoms with Crippen LogP contribution in [0.5, 0.6) is 0 Å². The summed E-state index contributed by atoms with van der Waals surface area (Å²) in [5.41, 5.74) is 1.44. The maximum Gasteiger partial charge on any atom is 0.272 e. The quantitative estimate of drug-likeness (QED) is 0.302. The SMILES string of the molecule is CCC(/C(C)=C/C(CNC(=O)c1nc[nH]c1C)=N\O)[N+](=O)[O-]. The van der Waals surface area contributed by atoms with E-state index in [1.54, 1.807) is 20.8 Å². The van der Waals surface area contributed by atoms with Gasteiger partial charge in [-0.3, -0.25) is 14.9 Å². The van der Waals surface area contributed by atoms with Crippen molar-refractivity contribution in [3.63, 3.8) is 0 Å². The van der Waals surface area contributed by atoms with E-state index in [1.165, 1.54) is 12.4 Å². The van der Waals surface area contributed by atoms with Crippen molar-refractivity contribution in [3.8, 4) is 0 Å². The van der Waals surface area contributed by atoms with Gasteiger partial charge < -0.3 is 15.5 Å². The molecule has 1 aromatic heterocycles. The lowest BCUT2D eigenvalue weighted by Crippen LogP contribution is -2.30. The molecule has 0 bridgehead atoms. The van der Waals surface area contributed by atoms with Gasteiger partial charge in [0.05, 0.1) is 18.6 Å². The molecular weight excluding hydrogens is 290 g/mol. The second kappa shape index (κ2) is 7.91. The fraction of sp³-hybridized carbons (Fsp3) is 0.462. The van der Waals surface area contributed by atoms with Crippen molar-refractivity contribution in [2.75, 3.05) is 6.54 Å². The summed E-state index contributed by atoms with van der Waals surface area (Å²) in [6, 6.07) is -0.846. The van der Waals surface area contributed by atoms with Crippen LogP contribution in [0.25, 0.3) is 0 Å². The Morgan fingerprint density at radius 1 is 1.68 bits per heavy atom. The predicted octanol–water partition coefficient (Wildman–Crippen LogP) is 1.28. The van der Waals surface area contributed by atoms with E-state index < -0.39 is 16.9 Å². The molecule has 1 rings (SSSR count). The first-order valence-electron chi connectivity index (χ1n) is 6.71. The highest BCUT2D eigenvalue weighted by Gasteiger charge is 2.20. The average Bonchev–Trinajstić information content (AvgIpc) is 2.89. The molecule has 0 spiro atoms. The number of nitrogens with one attached hydrogen (secondary N) is 2. The molecule has 120 valence electrons. The van der Waals surface area contributed by atoms with Crippen LogP contribution in [0.1, 0.15) is 36.5 Å². The van der Waals surface area contributed by atoms with E-state index in [0.29, 0.717) is 17.7 Å². The van der Waals surface area contributed by atoms with Gasteiger partial charge in [-0.15, -0.1) is 0 Å². The van der Waals surface area contributed by atoms with Crippen LogP contribution in [0.15, 0.2) is 23.1 Å².